The van der Waals surface area contributed by atoms with Crippen molar-refractivity contribution in [3.05, 3.63) is 34.7 Å². The summed E-state index contributed by atoms with van der Waals surface area (Å²) in [5, 5.41) is 9.61. The Labute approximate surface area is 85.4 Å². The normalized spacial score (nSPS) is 10.0. The molecule has 1 heterocycles. The van der Waals surface area contributed by atoms with Crippen molar-refractivity contribution in [2.24, 2.45) is 0 Å². The molecular formula is C11H7NOS. The van der Waals surface area contributed by atoms with Crippen LogP contribution in [0.4, 0.5) is 0 Å². The minimum Gasteiger partial charge on any atom is -0.276 e. The summed E-state index contributed by atoms with van der Waals surface area (Å²) in [4.78, 5) is 11.8. The molecule has 0 fully saturated rings. The number of rotatable bonds is 1. The van der Waals surface area contributed by atoms with E-state index in [1.165, 1.54) is 11.3 Å². The van der Waals surface area contributed by atoms with Gasteiger partial charge in [-0.1, -0.05) is 18.2 Å². The van der Waals surface area contributed by atoms with E-state index in [0.717, 1.165) is 15.6 Å². The van der Waals surface area contributed by atoms with Crippen molar-refractivity contribution in [3.8, 4) is 6.07 Å². The van der Waals surface area contributed by atoms with Crippen molar-refractivity contribution >= 4 is 27.2 Å². The van der Waals surface area contributed by atoms with E-state index in [4.69, 9.17) is 5.26 Å². The standard InChI is InChI=1S/C11H7NOS/c1-7-8-4-2-3-5-10(8)14-11(7)9(13)6-12/h2-5H,1H3. The number of benzene rings is 1. The minimum absolute atomic E-state index is 0.441. The van der Waals surface area contributed by atoms with Gasteiger partial charge in [0.25, 0.3) is 5.78 Å². The molecule has 1 aromatic heterocycles. The van der Waals surface area contributed by atoms with Crippen molar-refractivity contribution in [2.45, 2.75) is 6.92 Å². The molecule has 68 valence electrons. The lowest BCUT2D eigenvalue weighted by molar-refractivity contribution is 0.105. The van der Waals surface area contributed by atoms with E-state index in [2.05, 4.69) is 0 Å². The van der Waals surface area contributed by atoms with Crippen LogP contribution in [0.15, 0.2) is 24.3 Å². The van der Waals surface area contributed by atoms with Gasteiger partial charge in [-0.3, -0.25) is 4.79 Å². The highest BCUT2D eigenvalue weighted by Crippen LogP contribution is 2.30. The summed E-state index contributed by atoms with van der Waals surface area (Å²) < 4.78 is 1.06. The van der Waals surface area contributed by atoms with Gasteiger partial charge in [0.2, 0.25) is 0 Å². The Morgan fingerprint density at radius 2 is 2.14 bits per heavy atom. The van der Waals surface area contributed by atoms with Crippen LogP contribution in [-0.2, 0) is 0 Å². The first-order chi connectivity index (χ1) is 6.74. The van der Waals surface area contributed by atoms with Gasteiger partial charge in [0.1, 0.15) is 6.07 Å². The topological polar surface area (TPSA) is 40.9 Å². The summed E-state index contributed by atoms with van der Waals surface area (Å²) in [6.45, 7) is 1.88. The quantitative estimate of drug-likeness (QED) is 0.525. The number of hydrogen-bond donors (Lipinski definition) is 0. The fourth-order valence-corrected chi connectivity index (χ4v) is 2.54. The average molecular weight is 201 g/mol. The summed E-state index contributed by atoms with van der Waals surface area (Å²) in [5.74, 6) is -0.441. The van der Waals surface area contributed by atoms with Crippen molar-refractivity contribution in [2.75, 3.05) is 0 Å². The van der Waals surface area contributed by atoms with E-state index in [-0.39, 0.29) is 0 Å². The first kappa shape index (κ1) is 8.92. The van der Waals surface area contributed by atoms with Crippen LogP contribution in [0.1, 0.15) is 15.2 Å². The zero-order chi connectivity index (χ0) is 10.1. The summed E-state index contributed by atoms with van der Waals surface area (Å²) in [7, 11) is 0. The third-order valence-electron chi connectivity index (χ3n) is 2.15. The number of nitrogens with zero attached hydrogens (tertiary/aromatic N) is 1. The zero-order valence-electron chi connectivity index (χ0n) is 7.57. The maximum atomic E-state index is 11.3. The van der Waals surface area contributed by atoms with Crippen LogP contribution in [0.25, 0.3) is 10.1 Å². The third kappa shape index (κ3) is 1.21. The Morgan fingerprint density at radius 3 is 2.79 bits per heavy atom. The molecule has 2 nitrogen and oxygen atoms in total. The van der Waals surface area contributed by atoms with Gasteiger partial charge >= 0.3 is 0 Å². The molecule has 0 saturated carbocycles. The number of thiophene rings is 1. The van der Waals surface area contributed by atoms with E-state index in [1.807, 2.05) is 31.2 Å². The van der Waals surface area contributed by atoms with Crippen LogP contribution in [0.2, 0.25) is 0 Å². The number of hydrogen-bond acceptors (Lipinski definition) is 3. The Bertz CT molecular complexity index is 548. The van der Waals surface area contributed by atoms with Crippen molar-refractivity contribution in [1.29, 1.82) is 5.26 Å². The van der Waals surface area contributed by atoms with Gasteiger partial charge in [0.15, 0.2) is 0 Å². The van der Waals surface area contributed by atoms with Gasteiger partial charge in [-0.25, -0.2) is 0 Å². The molecule has 0 N–H and O–H groups in total. The summed E-state index contributed by atoms with van der Waals surface area (Å²) in [5.41, 5.74) is 0.914. The molecule has 3 heteroatoms. The fourth-order valence-electron chi connectivity index (χ4n) is 1.44. The fraction of sp³-hybridized carbons (Fsp3) is 0.0909. The summed E-state index contributed by atoms with van der Waals surface area (Å²) in [6, 6.07) is 9.44. The average Bonchev–Trinajstić information content (AvgIpc) is 2.56. The number of fused-ring (bicyclic) bond motifs is 1. The largest absolute Gasteiger partial charge is 0.276 e. The highest BCUT2D eigenvalue weighted by atomic mass is 32.1. The van der Waals surface area contributed by atoms with Gasteiger partial charge in [-0.15, -0.1) is 11.3 Å². The molecule has 0 saturated heterocycles. The molecule has 1 aromatic carbocycles. The lowest BCUT2D eigenvalue weighted by atomic mass is 10.1. The minimum atomic E-state index is -0.441. The van der Waals surface area contributed by atoms with Crippen LogP contribution in [0.5, 0.6) is 0 Å². The van der Waals surface area contributed by atoms with Crippen LogP contribution in [0, 0.1) is 18.3 Å². The number of carbonyl (C=O) groups excluding carboxylic acids is 1. The molecule has 0 aliphatic heterocycles. The summed E-state index contributed by atoms with van der Waals surface area (Å²) in [6.07, 6.45) is 0. The number of carbonyl (C=O) groups is 1. The van der Waals surface area contributed by atoms with Crippen LogP contribution < -0.4 is 0 Å². The molecule has 0 bridgehead atoms. The molecule has 0 amide bonds. The van der Waals surface area contributed by atoms with Crippen molar-refractivity contribution in [1.82, 2.24) is 0 Å². The van der Waals surface area contributed by atoms with Crippen LogP contribution >= 0.6 is 11.3 Å². The Kier molecular flexibility index (Phi) is 2.06. The van der Waals surface area contributed by atoms with E-state index >= 15 is 0 Å². The molecule has 0 atom stereocenters. The van der Waals surface area contributed by atoms with Crippen LogP contribution in [-0.4, -0.2) is 5.78 Å². The predicted molar refractivity (Wildman–Crippen MR) is 56.5 cm³/mol. The summed E-state index contributed by atoms with van der Waals surface area (Å²) >= 11 is 1.38. The molecule has 0 spiro atoms. The van der Waals surface area contributed by atoms with E-state index < -0.39 is 5.78 Å². The van der Waals surface area contributed by atoms with Gasteiger partial charge in [0, 0.05) is 4.70 Å². The molecule has 0 radical (unpaired) electrons. The first-order valence-corrected chi connectivity index (χ1v) is 4.98. The Balaban J connectivity index is 2.76. The van der Waals surface area contributed by atoms with Gasteiger partial charge in [-0.2, -0.15) is 5.26 Å². The lowest BCUT2D eigenvalue weighted by Gasteiger charge is -1.89. The second-order valence-corrected chi connectivity index (χ2v) is 4.05. The van der Waals surface area contributed by atoms with Gasteiger partial charge in [-0.05, 0) is 23.9 Å². The highest BCUT2D eigenvalue weighted by Gasteiger charge is 2.13. The molecule has 14 heavy (non-hydrogen) atoms. The SMILES string of the molecule is Cc1c(C(=O)C#N)sc2ccccc12. The maximum Gasteiger partial charge on any atom is 0.272 e. The molecular weight excluding hydrogens is 194 g/mol. The smallest absolute Gasteiger partial charge is 0.272 e. The van der Waals surface area contributed by atoms with Crippen molar-refractivity contribution in [3.63, 3.8) is 0 Å². The number of Topliss-reactive ketones (excluding diaryl/α,β-unsaturated/α-hetero) is 1. The first-order valence-electron chi connectivity index (χ1n) is 4.16. The van der Waals surface area contributed by atoms with E-state index in [1.54, 1.807) is 6.07 Å². The molecule has 0 unspecified atom stereocenters. The lowest BCUT2D eigenvalue weighted by Crippen LogP contribution is -1.91. The zero-order valence-corrected chi connectivity index (χ0v) is 8.39. The second kappa shape index (κ2) is 3.24. The number of aryl methyl sites for hydroxylation is 1. The highest BCUT2D eigenvalue weighted by molar-refractivity contribution is 7.21. The van der Waals surface area contributed by atoms with E-state index in [0.29, 0.717) is 4.88 Å². The number of ketones is 1. The van der Waals surface area contributed by atoms with Crippen molar-refractivity contribution < 1.29 is 4.79 Å². The maximum absolute atomic E-state index is 11.3. The Morgan fingerprint density at radius 1 is 1.43 bits per heavy atom. The van der Waals surface area contributed by atoms with Crippen LogP contribution in [0.3, 0.4) is 0 Å². The Hall–Kier alpha value is -1.66. The predicted octanol–water partition coefficient (Wildman–Crippen LogP) is 2.92. The van der Waals surface area contributed by atoms with Gasteiger partial charge in [0.05, 0.1) is 4.88 Å². The molecule has 0 aliphatic rings. The molecule has 0 aliphatic carbocycles. The van der Waals surface area contributed by atoms with E-state index in [9.17, 15) is 4.79 Å². The monoisotopic (exact) mass is 201 g/mol. The second-order valence-electron chi connectivity index (χ2n) is 2.99. The molecule has 2 aromatic rings. The molecule has 2 rings (SSSR count). The number of nitriles is 1. The van der Waals surface area contributed by atoms with Gasteiger partial charge < -0.3 is 0 Å². The third-order valence-corrected chi connectivity index (χ3v) is 3.42.